The van der Waals surface area contributed by atoms with Crippen molar-refractivity contribution in [3.8, 4) is 0 Å². The number of aromatic amines is 1. The van der Waals surface area contributed by atoms with Crippen LogP contribution in [-0.2, 0) is 20.5 Å². The number of fused-ring (bicyclic) bond motifs is 1. The lowest BCUT2D eigenvalue weighted by Crippen LogP contribution is -2.36. The first-order valence-corrected chi connectivity index (χ1v) is 5.71. The van der Waals surface area contributed by atoms with Gasteiger partial charge >= 0.3 is 5.69 Å². The molecule has 2 aromatic heterocycles. The molecule has 2 heterocycles. The van der Waals surface area contributed by atoms with E-state index in [0.29, 0.717) is 17.6 Å². The molecule has 2 aromatic rings. The topological polar surface area (TPSA) is 75.9 Å². The fourth-order valence-corrected chi connectivity index (χ4v) is 1.82. The molecule has 0 spiro atoms. The summed E-state index contributed by atoms with van der Waals surface area (Å²) in [7, 11) is 7.01. The van der Waals surface area contributed by atoms with E-state index in [-0.39, 0.29) is 23.7 Å². The number of hydrogen-bond donors (Lipinski definition) is 1. The highest BCUT2D eigenvalue weighted by molar-refractivity contribution is 5.85. The van der Waals surface area contributed by atoms with Gasteiger partial charge in [0.1, 0.15) is 11.3 Å². The molecule has 0 saturated heterocycles. The summed E-state index contributed by atoms with van der Waals surface area (Å²) < 4.78 is 2.46. The largest absolute Gasteiger partial charge is 0.336 e. The van der Waals surface area contributed by atoms with Crippen molar-refractivity contribution < 1.29 is 0 Å². The van der Waals surface area contributed by atoms with E-state index in [1.54, 1.807) is 7.05 Å². The van der Waals surface area contributed by atoms with Gasteiger partial charge in [0.25, 0.3) is 5.56 Å². The molecule has 7 nitrogen and oxygen atoms in total. The van der Waals surface area contributed by atoms with Crippen LogP contribution < -0.4 is 11.2 Å². The number of nitrogens with zero attached hydrogens (tertiary/aromatic N) is 4. The number of halogens is 1. The van der Waals surface area contributed by atoms with E-state index in [9.17, 15) is 9.59 Å². The minimum Gasteiger partial charge on any atom is -0.336 e. The Morgan fingerprint density at radius 2 is 1.84 bits per heavy atom. The van der Waals surface area contributed by atoms with Crippen molar-refractivity contribution >= 4 is 23.6 Å². The molecule has 0 fully saturated rings. The summed E-state index contributed by atoms with van der Waals surface area (Å²) in [5, 5.41) is 0. The Kier molecular flexibility index (Phi) is 4.54. The number of aryl methyl sites for hydroxylation is 1. The van der Waals surface area contributed by atoms with Crippen LogP contribution in [0.2, 0.25) is 0 Å². The highest BCUT2D eigenvalue weighted by atomic mass is 35.5. The Balaban J connectivity index is 0.00000180. The van der Waals surface area contributed by atoms with E-state index in [0.717, 1.165) is 16.9 Å². The summed E-state index contributed by atoms with van der Waals surface area (Å²) in [4.78, 5) is 33.0. The number of nitrogens with one attached hydrogen (secondary N) is 1. The summed E-state index contributed by atoms with van der Waals surface area (Å²) in [6.07, 6.45) is 0.707. The lowest BCUT2D eigenvalue weighted by atomic mass is 10.4. The van der Waals surface area contributed by atoms with Crippen molar-refractivity contribution in [1.82, 2.24) is 24.0 Å². The number of H-pyrrole nitrogens is 1. The molecule has 8 heteroatoms. The fourth-order valence-electron chi connectivity index (χ4n) is 1.82. The molecule has 2 rings (SSSR count). The average molecular weight is 288 g/mol. The third-order valence-electron chi connectivity index (χ3n) is 2.94. The van der Waals surface area contributed by atoms with Crippen LogP contribution in [0.15, 0.2) is 9.59 Å². The Hall–Kier alpha value is -1.60. The minimum atomic E-state index is -0.363. The maximum absolute atomic E-state index is 11.9. The van der Waals surface area contributed by atoms with E-state index in [1.807, 2.05) is 19.0 Å². The second-order valence-corrected chi connectivity index (χ2v) is 4.64. The third-order valence-corrected chi connectivity index (χ3v) is 2.94. The molecule has 0 radical (unpaired) electrons. The standard InChI is InChI=1S/C11H17N5O2.ClH/c1-14(2)6-5-7-12-8-9(13-7)15(3)11(18)16(4)10(8)17;/h5-6H2,1-4H3,(H,12,13);1H. The van der Waals surface area contributed by atoms with Gasteiger partial charge in [-0.2, -0.15) is 0 Å². The second kappa shape index (κ2) is 5.58. The van der Waals surface area contributed by atoms with Gasteiger partial charge in [-0.05, 0) is 14.1 Å². The van der Waals surface area contributed by atoms with E-state index in [2.05, 4.69) is 9.97 Å². The molecule has 0 unspecified atom stereocenters. The number of rotatable bonds is 3. The van der Waals surface area contributed by atoms with Crippen LogP contribution in [0.5, 0.6) is 0 Å². The molecule has 0 atom stereocenters. The molecule has 0 aliphatic heterocycles. The summed E-state index contributed by atoms with van der Waals surface area (Å²) in [6.45, 7) is 0.827. The molecule has 0 bridgehead atoms. The van der Waals surface area contributed by atoms with E-state index in [1.165, 1.54) is 11.6 Å². The van der Waals surface area contributed by atoms with Gasteiger partial charge in [-0.25, -0.2) is 9.78 Å². The van der Waals surface area contributed by atoms with Crippen LogP contribution in [0.25, 0.3) is 11.2 Å². The highest BCUT2D eigenvalue weighted by Crippen LogP contribution is 2.04. The average Bonchev–Trinajstić information content (AvgIpc) is 2.75. The van der Waals surface area contributed by atoms with Crippen LogP contribution in [0.3, 0.4) is 0 Å². The molecule has 0 aliphatic rings. The van der Waals surface area contributed by atoms with Crippen molar-refractivity contribution in [3.63, 3.8) is 0 Å². The Bertz CT molecular complexity index is 697. The lowest BCUT2D eigenvalue weighted by molar-refractivity contribution is 0.410. The molecule has 106 valence electrons. The lowest BCUT2D eigenvalue weighted by Gasteiger charge is -2.06. The smallest absolute Gasteiger partial charge is 0.332 e. The van der Waals surface area contributed by atoms with Crippen molar-refractivity contribution in [3.05, 3.63) is 26.7 Å². The maximum Gasteiger partial charge on any atom is 0.332 e. The first-order chi connectivity index (χ1) is 8.41. The van der Waals surface area contributed by atoms with Gasteiger partial charge in [-0.3, -0.25) is 13.9 Å². The van der Waals surface area contributed by atoms with Crippen LogP contribution >= 0.6 is 12.4 Å². The quantitative estimate of drug-likeness (QED) is 0.825. The van der Waals surface area contributed by atoms with Crippen molar-refractivity contribution in [2.45, 2.75) is 6.42 Å². The predicted molar refractivity (Wildman–Crippen MR) is 76.1 cm³/mol. The van der Waals surface area contributed by atoms with Gasteiger partial charge in [0, 0.05) is 27.1 Å². The summed E-state index contributed by atoms with van der Waals surface area (Å²) in [5.74, 6) is 0.719. The zero-order valence-electron chi connectivity index (χ0n) is 11.4. The first kappa shape index (κ1) is 15.5. The molecule has 1 N–H and O–H groups in total. The number of aromatic nitrogens is 4. The van der Waals surface area contributed by atoms with Crippen LogP contribution in [0.4, 0.5) is 0 Å². The zero-order chi connectivity index (χ0) is 13.4. The number of imidazole rings is 1. The van der Waals surface area contributed by atoms with Crippen LogP contribution in [-0.4, -0.2) is 44.6 Å². The van der Waals surface area contributed by atoms with Crippen LogP contribution in [0.1, 0.15) is 5.82 Å². The summed E-state index contributed by atoms with van der Waals surface area (Å²) in [6, 6.07) is 0. The molecule has 0 amide bonds. The third kappa shape index (κ3) is 2.71. The Morgan fingerprint density at radius 1 is 1.21 bits per heavy atom. The van der Waals surface area contributed by atoms with Gasteiger partial charge in [-0.1, -0.05) is 0 Å². The van der Waals surface area contributed by atoms with Crippen LogP contribution in [0, 0.1) is 0 Å². The molecule has 0 aromatic carbocycles. The monoisotopic (exact) mass is 287 g/mol. The number of likely N-dealkylation sites (N-methyl/N-ethyl adjacent to an activating group) is 1. The molecular weight excluding hydrogens is 270 g/mol. The first-order valence-electron chi connectivity index (χ1n) is 5.71. The summed E-state index contributed by atoms with van der Waals surface area (Å²) in [5.41, 5.74) is 0.0973. The predicted octanol–water partition coefficient (Wildman–Crippen LogP) is -0.514. The highest BCUT2D eigenvalue weighted by Gasteiger charge is 2.13. The van der Waals surface area contributed by atoms with Gasteiger partial charge < -0.3 is 9.88 Å². The van der Waals surface area contributed by atoms with Gasteiger partial charge in [0.2, 0.25) is 0 Å². The van der Waals surface area contributed by atoms with Crippen molar-refractivity contribution in [1.29, 1.82) is 0 Å². The van der Waals surface area contributed by atoms with Gasteiger partial charge in [0.05, 0.1) is 0 Å². The molecule has 19 heavy (non-hydrogen) atoms. The summed E-state index contributed by atoms with van der Waals surface area (Å²) >= 11 is 0. The number of hydrogen-bond acceptors (Lipinski definition) is 4. The fraction of sp³-hybridized carbons (Fsp3) is 0.545. The Morgan fingerprint density at radius 3 is 2.42 bits per heavy atom. The normalized spacial score (nSPS) is 11.0. The zero-order valence-corrected chi connectivity index (χ0v) is 12.2. The maximum atomic E-state index is 11.9. The van der Waals surface area contributed by atoms with E-state index < -0.39 is 0 Å². The van der Waals surface area contributed by atoms with Crippen molar-refractivity contribution in [2.24, 2.45) is 14.1 Å². The van der Waals surface area contributed by atoms with Gasteiger partial charge in [-0.15, -0.1) is 12.4 Å². The van der Waals surface area contributed by atoms with E-state index >= 15 is 0 Å². The van der Waals surface area contributed by atoms with Gasteiger partial charge in [0.15, 0.2) is 5.65 Å². The molecular formula is C11H18ClN5O2. The van der Waals surface area contributed by atoms with Crippen molar-refractivity contribution in [2.75, 3.05) is 20.6 Å². The SMILES string of the molecule is CN(C)CCc1nc2c([nH]1)c(=O)n(C)c(=O)n2C.Cl. The Labute approximate surface area is 116 Å². The van der Waals surface area contributed by atoms with E-state index in [4.69, 9.17) is 0 Å². The minimum absolute atomic E-state index is 0. The molecule has 0 aliphatic carbocycles. The second-order valence-electron chi connectivity index (χ2n) is 4.64. The molecule has 0 saturated carbocycles.